The molecule has 2 atom stereocenters. The van der Waals surface area contributed by atoms with Gasteiger partial charge >= 0.3 is 0 Å². The van der Waals surface area contributed by atoms with Gasteiger partial charge in [0, 0.05) is 43.5 Å². The van der Waals surface area contributed by atoms with Crippen molar-refractivity contribution in [2.45, 2.75) is 32.5 Å². The molecule has 2 saturated heterocycles. The standard InChI is InChI=1S/C14H22N4O3S/c1-10(2)14(19)18-4-3-17(6-11-5-15-9-16-11)12-7-22(20,21)8-13(12)18/h5,9-10,12-13H,3-4,6-8H2,1-2H3,(H,15,16)/t12-,13+/m1/s1. The van der Waals surface area contributed by atoms with Crippen molar-refractivity contribution in [2.75, 3.05) is 24.6 Å². The van der Waals surface area contributed by atoms with Gasteiger partial charge in [-0.1, -0.05) is 13.8 Å². The monoisotopic (exact) mass is 326 g/mol. The fraction of sp³-hybridized carbons (Fsp3) is 0.714. The van der Waals surface area contributed by atoms with E-state index in [-0.39, 0.29) is 35.4 Å². The number of aromatic nitrogens is 2. The molecule has 2 fully saturated rings. The lowest BCUT2D eigenvalue weighted by atomic mass is 10.0. The van der Waals surface area contributed by atoms with Crippen molar-refractivity contribution in [3.05, 3.63) is 18.2 Å². The van der Waals surface area contributed by atoms with Crippen LogP contribution in [0.1, 0.15) is 19.5 Å². The minimum absolute atomic E-state index is 0.0493. The number of imidazole rings is 1. The van der Waals surface area contributed by atoms with Gasteiger partial charge in [0.15, 0.2) is 9.84 Å². The fourth-order valence-corrected chi connectivity index (χ4v) is 5.43. The number of sulfone groups is 1. The average molecular weight is 326 g/mol. The molecule has 3 rings (SSSR count). The van der Waals surface area contributed by atoms with E-state index >= 15 is 0 Å². The highest BCUT2D eigenvalue weighted by atomic mass is 32.2. The van der Waals surface area contributed by atoms with Gasteiger partial charge in [-0.3, -0.25) is 9.69 Å². The second-order valence-electron chi connectivity index (χ2n) is 6.45. The molecule has 3 heterocycles. The molecule has 7 nitrogen and oxygen atoms in total. The Hall–Kier alpha value is -1.41. The van der Waals surface area contributed by atoms with Crippen LogP contribution in [0.15, 0.2) is 12.5 Å². The molecule has 2 aliphatic rings. The van der Waals surface area contributed by atoms with E-state index in [1.165, 1.54) is 0 Å². The number of nitrogens with zero attached hydrogens (tertiary/aromatic N) is 3. The lowest BCUT2D eigenvalue weighted by molar-refractivity contribution is -0.140. The highest BCUT2D eigenvalue weighted by molar-refractivity contribution is 7.91. The molecule has 122 valence electrons. The molecule has 1 aromatic rings. The average Bonchev–Trinajstić information content (AvgIpc) is 3.04. The van der Waals surface area contributed by atoms with Crippen molar-refractivity contribution >= 4 is 15.7 Å². The second kappa shape index (κ2) is 5.66. The van der Waals surface area contributed by atoms with E-state index in [4.69, 9.17) is 0 Å². The van der Waals surface area contributed by atoms with Gasteiger partial charge in [-0.05, 0) is 0 Å². The van der Waals surface area contributed by atoms with Crippen LogP contribution < -0.4 is 0 Å². The van der Waals surface area contributed by atoms with Gasteiger partial charge < -0.3 is 9.88 Å². The Bertz CT molecular complexity index is 641. The Morgan fingerprint density at radius 1 is 1.36 bits per heavy atom. The van der Waals surface area contributed by atoms with E-state index in [9.17, 15) is 13.2 Å². The summed E-state index contributed by atoms with van der Waals surface area (Å²) in [4.78, 5) is 23.4. The van der Waals surface area contributed by atoms with E-state index in [1.807, 2.05) is 13.8 Å². The molecule has 8 heteroatoms. The summed E-state index contributed by atoms with van der Waals surface area (Å²) in [7, 11) is -3.09. The third-order valence-corrected chi connectivity index (χ3v) is 6.20. The third-order valence-electron chi connectivity index (χ3n) is 4.50. The van der Waals surface area contributed by atoms with Crippen LogP contribution in [0.25, 0.3) is 0 Å². The van der Waals surface area contributed by atoms with Crippen LogP contribution in [0.3, 0.4) is 0 Å². The van der Waals surface area contributed by atoms with Gasteiger partial charge in [-0.2, -0.15) is 0 Å². The summed E-state index contributed by atoms with van der Waals surface area (Å²) in [6, 6.07) is -0.346. The molecule has 22 heavy (non-hydrogen) atoms. The molecule has 1 N–H and O–H groups in total. The smallest absolute Gasteiger partial charge is 0.225 e. The lowest BCUT2D eigenvalue weighted by Gasteiger charge is -2.44. The van der Waals surface area contributed by atoms with Gasteiger partial charge in [-0.15, -0.1) is 0 Å². The Labute approximate surface area is 130 Å². The van der Waals surface area contributed by atoms with E-state index in [0.29, 0.717) is 19.6 Å². The van der Waals surface area contributed by atoms with Crippen LogP contribution >= 0.6 is 0 Å². The second-order valence-corrected chi connectivity index (χ2v) is 8.60. The van der Waals surface area contributed by atoms with Crippen molar-refractivity contribution < 1.29 is 13.2 Å². The number of carbonyl (C=O) groups is 1. The number of rotatable bonds is 3. The molecule has 0 unspecified atom stereocenters. The predicted molar refractivity (Wildman–Crippen MR) is 81.8 cm³/mol. The van der Waals surface area contributed by atoms with E-state index in [0.717, 1.165) is 5.69 Å². The van der Waals surface area contributed by atoms with E-state index in [2.05, 4.69) is 14.9 Å². The zero-order valence-corrected chi connectivity index (χ0v) is 13.7. The Balaban J connectivity index is 1.82. The molecular weight excluding hydrogens is 304 g/mol. The molecule has 0 bridgehead atoms. The van der Waals surface area contributed by atoms with Crippen molar-refractivity contribution in [3.63, 3.8) is 0 Å². The summed E-state index contributed by atoms with van der Waals surface area (Å²) >= 11 is 0. The number of amides is 1. The predicted octanol–water partition coefficient (Wildman–Crippen LogP) is -0.124. The molecule has 1 amide bonds. The highest BCUT2D eigenvalue weighted by Crippen LogP contribution is 2.28. The molecule has 0 radical (unpaired) electrons. The first-order valence-electron chi connectivity index (χ1n) is 7.59. The number of H-pyrrole nitrogens is 1. The summed E-state index contributed by atoms with van der Waals surface area (Å²) in [6.07, 6.45) is 3.38. The lowest BCUT2D eigenvalue weighted by Crippen LogP contribution is -2.60. The van der Waals surface area contributed by atoms with Gasteiger partial charge in [0.05, 0.1) is 23.9 Å². The SMILES string of the molecule is CC(C)C(=O)N1CCN(Cc2cnc[nH]2)[C@@H]2CS(=O)(=O)C[C@@H]21. The van der Waals surface area contributed by atoms with Crippen LogP contribution in [0.5, 0.6) is 0 Å². The normalized spacial score (nSPS) is 28.0. The quantitative estimate of drug-likeness (QED) is 0.836. The molecule has 0 spiro atoms. The maximum Gasteiger partial charge on any atom is 0.225 e. The zero-order valence-electron chi connectivity index (χ0n) is 12.9. The number of piperazine rings is 1. The summed E-state index contributed by atoms with van der Waals surface area (Å²) in [5, 5.41) is 0. The molecule has 0 saturated carbocycles. The largest absolute Gasteiger partial charge is 0.347 e. The first-order valence-corrected chi connectivity index (χ1v) is 9.42. The van der Waals surface area contributed by atoms with E-state index in [1.54, 1.807) is 17.4 Å². The van der Waals surface area contributed by atoms with Crippen molar-refractivity contribution in [1.82, 2.24) is 19.8 Å². The van der Waals surface area contributed by atoms with Gasteiger partial charge in [-0.25, -0.2) is 13.4 Å². The van der Waals surface area contributed by atoms with E-state index < -0.39 is 9.84 Å². The zero-order chi connectivity index (χ0) is 15.9. The summed E-state index contributed by atoms with van der Waals surface area (Å²) in [5.74, 6) is 0.153. The maximum atomic E-state index is 12.4. The van der Waals surface area contributed by atoms with Crippen LogP contribution in [-0.2, 0) is 21.2 Å². The van der Waals surface area contributed by atoms with Gasteiger partial charge in [0.1, 0.15) is 0 Å². The minimum Gasteiger partial charge on any atom is -0.347 e. The number of nitrogens with one attached hydrogen (secondary N) is 1. The maximum absolute atomic E-state index is 12.4. The number of hydrogen-bond acceptors (Lipinski definition) is 5. The number of aromatic amines is 1. The fourth-order valence-electron chi connectivity index (χ4n) is 3.42. The minimum atomic E-state index is -3.09. The topological polar surface area (TPSA) is 86.4 Å². The first kappa shape index (κ1) is 15.5. The highest BCUT2D eigenvalue weighted by Gasteiger charge is 2.48. The van der Waals surface area contributed by atoms with Crippen LogP contribution in [-0.4, -0.2) is 70.8 Å². The number of fused-ring (bicyclic) bond motifs is 1. The number of hydrogen-bond donors (Lipinski definition) is 1. The Kier molecular flexibility index (Phi) is 3.98. The van der Waals surface area contributed by atoms with Crippen LogP contribution in [0.4, 0.5) is 0 Å². The van der Waals surface area contributed by atoms with Gasteiger partial charge in [0.2, 0.25) is 5.91 Å². The summed E-state index contributed by atoms with van der Waals surface area (Å²) < 4.78 is 24.2. The summed E-state index contributed by atoms with van der Waals surface area (Å²) in [6.45, 7) is 5.63. The molecule has 1 aromatic heterocycles. The van der Waals surface area contributed by atoms with Crippen molar-refractivity contribution in [3.8, 4) is 0 Å². The molecular formula is C14H22N4O3S. The van der Waals surface area contributed by atoms with Crippen LogP contribution in [0.2, 0.25) is 0 Å². The first-order chi connectivity index (χ1) is 10.4. The molecule has 0 aliphatic carbocycles. The van der Waals surface area contributed by atoms with Crippen molar-refractivity contribution in [2.24, 2.45) is 5.92 Å². The number of carbonyl (C=O) groups excluding carboxylic acids is 1. The summed E-state index contributed by atoms with van der Waals surface area (Å²) in [5.41, 5.74) is 0.965. The third kappa shape index (κ3) is 2.89. The molecule has 2 aliphatic heterocycles. The molecule has 0 aromatic carbocycles. The van der Waals surface area contributed by atoms with Crippen LogP contribution in [0, 0.1) is 5.92 Å². The Morgan fingerprint density at radius 3 is 2.73 bits per heavy atom. The van der Waals surface area contributed by atoms with Crippen molar-refractivity contribution in [1.29, 1.82) is 0 Å². The Morgan fingerprint density at radius 2 is 2.09 bits per heavy atom. The van der Waals surface area contributed by atoms with Gasteiger partial charge in [0.25, 0.3) is 0 Å².